The third-order valence-corrected chi connectivity index (χ3v) is 2.29. The van der Waals surface area contributed by atoms with Crippen LogP contribution in [0.25, 0.3) is 0 Å². The van der Waals surface area contributed by atoms with Crippen LogP contribution in [0.5, 0.6) is 0 Å². The molecule has 3 N–H and O–H groups in total. The molecule has 3 nitrogen and oxygen atoms in total. The van der Waals surface area contributed by atoms with Crippen LogP contribution in [0, 0.1) is 0 Å². The van der Waals surface area contributed by atoms with Gasteiger partial charge in [0.2, 0.25) is 5.91 Å². The van der Waals surface area contributed by atoms with Crippen LogP contribution in [0.3, 0.4) is 0 Å². The van der Waals surface area contributed by atoms with Crippen molar-refractivity contribution in [3.05, 3.63) is 0 Å². The predicted octanol–water partition coefficient (Wildman–Crippen LogP) is 1.81. The number of nitrogens with one attached hydrogen (secondary N) is 1. The quantitative estimate of drug-likeness (QED) is 0.616. The minimum atomic E-state index is -0.395. The molecule has 0 spiro atoms. The normalized spacial score (nSPS) is 14.9. The minimum absolute atomic E-state index is 0.0482. The standard InChI is InChI=1S/C11H24N2O/c1-4-5-6-7-8-9(2)13-11(14)10(3)12/h9-10H,4-8,12H2,1-3H3,(H,13,14)/t9?,10-/m0/s1. The van der Waals surface area contributed by atoms with Crippen LogP contribution in [-0.2, 0) is 4.79 Å². The van der Waals surface area contributed by atoms with E-state index in [1.165, 1.54) is 25.7 Å². The van der Waals surface area contributed by atoms with E-state index >= 15 is 0 Å². The number of rotatable bonds is 7. The molecule has 0 aromatic carbocycles. The average Bonchev–Trinajstić information content (AvgIpc) is 2.12. The van der Waals surface area contributed by atoms with Crippen LogP contribution in [-0.4, -0.2) is 18.0 Å². The first-order chi connectivity index (χ1) is 6.57. The van der Waals surface area contributed by atoms with Gasteiger partial charge >= 0.3 is 0 Å². The van der Waals surface area contributed by atoms with Gasteiger partial charge in [0.25, 0.3) is 0 Å². The number of hydrogen-bond acceptors (Lipinski definition) is 2. The van der Waals surface area contributed by atoms with Crippen LogP contribution in [0.15, 0.2) is 0 Å². The highest BCUT2D eigenvalue weighted by Crippen LogP contribution is 2.05. The van der Waals surface area contributed by atoms with Gasteiger partial charge in [-0.3, -0.25) is 4.79 Å². The Hall–Kier alpha value is -0.570. The summed E-state index contributed by atoms with van der Waals surface area (Å²) in [7, 11) is 0. The molecule has 2 atom stereocenters. The molecule has 0 radical (unpaired) electrons. The molecule has 0 aromatic rings. The summed E-state index contributed by atoms with van der Waals surface area (Å²) in [5, 5.41) is 2.89. The third-order valence-electron chi connectivity index (χ3n) is 2.29. The Kier molecular flexibility index (Phi) is 7.48. The molecule has 1 unspecified atom stereocenters. The zero-order valence-electron chi connectivity index (χ0n) is 9.68. The maximum atomic E-state index is 11.2. The summed E-state index contributed by atoms with van der Waals surface area (Å²) in [6.07, 6.45) is 6.04. The molecule has 3 heteroatoms. The molecular formula is C11H24N2O. The van der Waals surface area contributed by atoms with Crippen LogP contribution in [0.2, 0.25) is 0 Å². The summed E-state index contributed by atoms with van der Waals surface area (Å²) in [6.45, 7) is 5.94. The first-order valence-corrected chi connectivity index (χ1v) is 5.63. The Morgan fingerprint density at radius 2 is 1.93 bits per heavy atom. The molecule has 0 fully saturated rings. The van der Waals surface area contributed by atoms with Crippen molar-refractivity contribution in [1.82, 2.24) is 5.32 Å². The van der Waals surface area contributed by atoms with Crippen molar-refractivity contribution in [3.8, 4) is 0 Å². The van der Waals surface area contributed by atoms with E-state index in [4.69, 9.17) is 5.73 Å². The van der Waals surface area contributed by atoms with Crippen LogP contribution >= 0.6 is 0 Å². The Morgan fingerprint density at radius 1 is 1.29 bits per heavy atom. The molecule has 1 amide bonds. The summed E-state index contributed by atoms with van der Waals surface area (Å²) in [4.78, 5) is 11.2. The monoisotopic (exact) mass is 200 g/mol. The highest BCUT2D eigenvalue weighted by atomic mass is 16.2. The third kappa shape index (κ3) is 6.89. The molecule has 0 bridgehead atoms. The smallest absolute Gasteiger partial charge is 0.236 e. The highest BCUT2D eigenvalue weighted by Gasteiger charge is 2.10. The lowest BCUT2D eigenvalue weighted by molar-refractivity contribution is -0.122. The molecule has 0 aliphatic heterocycles. The van der Waals surface area contributed by atoms with E-state index in [1.807, 2.05) is 6.92 Å². The van der Waals surface area contributed by atoms with Crippen molar-refractivity contribution in [2.75, 3.05) is 0 Å². The van der Waals surface area contributed by atoms with Crippen molar-refractivity contribution < 1.29 is 4.79 Å². The molecular weight excluding hydrogens is 176 g/mol. The van der Waals surface area contributed by atoms with Gasteiger partial charge < -0.3 is 11.1 Å². The van der Waals surface area contributed by atoms with Crippen LogP contribution < -0.4 is 11.1 Å². The lowest BCUT2D eigenvalue weighted by Crippen LogP contribution is -2.42. The zero-order valence-corrected chi connectivity index (χ0v) is 9.68. The van der Waals surface area contributed by atoms with Gasteiger partial charge in [-0.15, -0.1) is 0 Å². The predicted molar refractivity (Wildman–Crippen MR) is 60.0 cm³/mol. The number of hydrogen-bond donors (Lipinski definition) is 2. The average molecular weight is 200 g/mol. The highest BCUT2D eigenvalue weighted by molar-refractivity contribution is 5.81. The van der Waals surface area contributed by atoms with Gasteiger partial charge in [-0.25, -0.2) is 0 Å². The van der Waals surface area contributed by atoms with Gasteiger partial charge in [-0.1, -0.05) is 32.6 Å². The van der Waals surface area contributed by atoms with Gasteiger partial charge in [-0.2, -0.15) is 0 Å². The van der Waals surface area contributed by atoms with Gasteiger partial charge in [-0.05, 0) is 20.3 Å². The molecule has 84 valence electrons. The summed E-state index contributed by atoms with van der Waals surface area (Å²) in [6, 6.07) is -0.140. The Balaban J connectivity index is 3.45. The molecule has 14 heavy (non-hydrogen) atoms. The van der Waals surface area contributed by atoms with E-state index in [0.717, 1.165) is 6.42 Å². The molecule has 0 aromatic heterocycles. The van der Waals surface area contributed by atoms with Crippen molar-refractivity contribution in [3.63, 3.8) is 0 Å². The lowest BCUT2D eigenvalue weighted by atomic mass is 10.1. The molecule has 0 saturated carbocycles. The van der Waals surface area contributed by atoms with Crippen molar-refractivity contribution in [1.29, 1.82) is 0 Å². The SMILES string of the molecule is CCCCCCC(C)NC(=O)[C@H](C)N. The van der Waals surface area contributed by atoms with Gasteiger partial charge in [0.15, 0.2) is 0 Å². The number of carbonyl (C=O) groups is 1. The second-order valence-corrected chi connectivity index (χ2v) is 4.05. The van der Waals surface area contributed by atoms with Crippen molar-refractivity contribution in [2.45, 2.75) is 65.0 Å². The maximum absolute atomic E-state index is 11.2. The summed E-state index contributed by atoms with van der Waals surface area (Å²) in [5.74, 6) is -0.0482. The minimum Gasteiger partial charge on any atom is -0.352 e. The molecule has 0 saturated heterocycles. The fraction of sp³-hybridized carbons (Fsp3) is 0.909. The largest absolute Gasteiger partial charge is 0.352 e. The van der Waals surface area contributed by atoms with E-state index in [9.17, 15) is 4.79 Å². The van der Waals surface area contributed by atoms with E-state index in [0.29, 0.717) is 0 Å². The second-order valence-electron chi connectivity index (χ2n) is 4.05. The Bertz CT molecular complexity index is 157. The molecule has 0 rings (SSSR count). The van der Waals surface area contributed by atoms with Gasteiger partial charge in [0.05, 0.1) is 6.04 Å². The topological polar surface area (TPSA) is 55.1 Å². The number of unbranched alkanes of at least 4 members (excludes halogenated alkanes) is 3. The molecule has 0 aliphatic rings. The van der Waals surface area contributed by atoms with Crippen LogP contribution in [0.1, 0.15) is 52.9 Å². The zero-order chi connectivity index (χ0) is 11.0. The molecule has 0 aliphatic carbocycles. The van der Waals surface area contributed by atoms with E-state index < -0.39 is 6.04 Å². The Morgan fingerprint density at radius 3 is 2.43 bits per heavy atom. The number of carbonyl (C=O) groups excluding carboxylic acids is 1. The van der Waals surface area contributed by atoms with E-state index in [1.54, 1.807) is 6.92 Å². The second kappa shape index (κ2) is 7.80. The van der Waals surface area contributed by atoms with Crippen molar-refractivity contribution in [2.24, 2.45) is 5.73 Å². The summed E-state index contributed by atoms with van der Waals surface area (Å²) in [5.41, 5.74) is 5.45. The van der Waals surface area contributed by atoms with Gasteiger partial charge in [0, 0.05) is 6.04 Å². The van der Waals surface area contributed by atoms with Crippen molar-refractivity contribution >= 4 is 5.91 Å². The fourth-order valence-electron chi connectivity index (χ4n) is 1.32. The fourth-order valence-corrected chi connectivity index (χ4v) is 1.32. The van der Waals surface area contributed by atoms with E-state index in [2.05, 4.69) is 12.2 Å². The summed E-state index contributed by atoms with van der Waals surface area (Å²) >= 11 is 0. The maximum Gasteiger partial charge on any atom is 0.236 e. The Labute approximate surface area is 87.4 Å². The molecule has 0 heterocycles. The lowest BCUT2D eigenvalue weighted by Gasteiger charge is -2.15. The first-order valence-electron chi connectivity index (χ1n) is 5.63. The first kappa shape index (κ1) is 13.4. The van der Waals surface area contributed by atoms with Crippen LogP contribution in [0.4, 0.5) is 0 Å². The van der Waals surface area contributed by atoms with Gasteiger partial charge in [0.1, 0.15) is 0 Å². The number of nitrogens with two attached hydrogens (primary N) is 1. The summed E-state index contributed by atoms with van der Waals surface area (Å²) < 4.78 is 0. The van der Waals surface area contributed by atoms with E-state index in [-0.39, 0.29) is 11.9 Å². The number of amides is 1.